The summed E-state index contributed by atoms with van der Waals surface area (Å²) in [5, 5.41) is 3.27. The van der Waals surface area contributed by atoms with E-state index in [1.54, 1.807) is 0 Å². The summed E-state index contributed by atoms with van der Waals surface area (Å²) in [6, 6.07) is 0.544. The second-order valence-corrected chi connectivity index (χ2v) is 3.08. The molecule has 1 aliphatic heterocycles. The van der Waals surface area contributed by atoms with E-state index in [2.05, 4.69) is 25.7 Å². The van der Waals surface area contributed by atoms with Crippen molar-refractivity contribution >= 4 is 0 Å². The zero-order valence-electron chi connectivity index (χ0n) is 5.57. The standard InChI is InChI=1S/C7H13N/c1-4-6-7(2,3)5-8-6/h4,6,8H,1,5H2,2-3H3. The van der Waals surface area contributed by atoms with Gasteiger partial charge in [-0.1, -0.05) is 19.9 Å². The molecular weight excluding hydrogens is 98.1 g/mol. The van der Waals surface area contributed by atoms with Gasteiger partial charge >= 0.3 is 0 Å². The van der Waals surface area contributed by atoms with E-state index in [4.69, 9.17) is 0 Å². The largest absolute Gasteiger partial charge is 0.309 e. The molecule has 1 N–H and O–H groups in total. The van der Waals surface area contributed by atoms with Crippen LogP contribution in [0.5, 0.6) is 0 Å². The molecule has 1 aliphatic rings. The van der Waals surface area contributed by atoms with E-state index in [9.17, 15) is 0 Å². The van der Waals surface area contributed by atoms with E-state index >= 15 is 0 Å². The Morgan fingerprint density at radius 1 is 1.75 bits per heavy atom. The molecular formula is C7H13N. The molecule has 0 bridgehead atoms. The summed E-state index contributed by atoms with van der Waals surface area (Å²) in [5.41, 5.74) is 0.460. The van der Waals surface area contributed by atoms with Crippen LogP contribution < -0.4 is 5.32 Å². The van der Waals surface area contributed by atoms with Crippen molar-refractivity contribution in [3.8, 4) is 0 Å². The molecule has 1 rings (SSSR count). The highest BCUT2D eigenvalue weighted by Crippen LogP contribution is 2.27. The van der Waals surface area contributed by atoms with Gasteiger partial charge in [0.05, 0.1) is 0 Å². The van der Waals surface area contributed by atoms with Crippen molar-refractivity contribution in [1.82, 2.24) is 5.32 Å². The summed E-state index contributed by atoms with van der Waals surface area (Å²) in [5.74, 6) is 0. The van der Waals surface area contributed by atoms with Gasteiger partial charge in [-0.15, -0.1) is 6.58 Å². The summed E-state index contributed by atoms with van der Waals surface area (Å²) in [4.78, 5) is 0. The van der Waals surface area contributed by atoms with E-state index in [0.717, 1.165) is 6.54 Å². The van der Waals surface area contributed by atoms with Gasteiger partial charge in [0, 0.05) is 12.6 Å². The molecule has 46 valence electrons. The Labute approximate surface area is 50.8 Å². The van der Waals surface area contributed by atoms with E-state index < -0.39 is 0 Å². The van der Waals surface area contributed by atoms with Crippen molar-refractivity contribution in [2.75, 3.05) is 6.54 Å². The third kappa shape index (κ3) is 0.671. The van der Waals surface area contributed by atoms with Crippen LogP contribution in [-0.2, 0) is 0 Å². The first-order valence-electron chi connectivity index (χ1n) is 3.03. The predicted molar refractivity (Wildman–Crippen MR) is 35.8 cm³/mol. The van der Waals surface area contributed by atoms with Gasteiger partial charge in [0.1, 0.15) is 0 Å². The van der Waals surface area contributed by atoms with Crippen LogP contribution in [0.1, 0.15) is 13.8 Å². The van der Waals surface area contributed by atoms with Crippen LogP contribution >= 0.6 is 0 Å². The molecule has 1 atom stereocenters. The Kier molecular flexibility index (Phi) is 1.16. The first-order chi connectivity index (χ1) is 3.67. The van der Waals surface area contributed by atoms with Crippen LogP contribution in [0.3, 0.4) is 0 Å². The van der Waals surface area contributed by atoms with E-state index in [1.807, 2.05) is 6.08 Å². The first-order valence-corrected chi connectivity index (χ1v) is 3.03. The van der Waals surface area contributed by atoms with Gasteiger partial charge in [-0.2, -0.15) is 0 Å². The molecule has 1 unspecified atom stereocenters. The van der Waals surface area contributed by atoms with Gasteiger partial charge in [-0.25, -0.2) is 0 Å². The third-order valence-electron chi connectivity index (χ3n) is 1.86. The maximum atomic E-state index is 3.72. The number of hydrogen-bond donors (Lipinski definition) is 1. The number of hydrogen-bond acceptors (Lipinski definition) is 1. The van der Waals surface area contributed by atoms with Crippen molar-refractivity contribution in [2.24, 2.45) is 5.41 Å². The van der Waals surface area contributed by atoms with Crippen molar-refractivity contribution in [2.45, 2.75) is 19.9 Å². The fourth-order valence-corrected chi connectivity index (χ4v) is 1.03. The second kappa shape index (κ2) is 1.59. The van der Waals surface area contributed by atoms with Crippen molar-refractivity contribution in [3.63, 3.8) is 0 Å². The molecule has 0 aliphatic carbocycles. The summed E-state index contributed by atoms with van der Waals surface area (Å²) in [6.07, 6.45) is 1.98. The van der Waals surface area contributed by atoms with E-state index in [0.29, 0.717) is 11.5 Å². The molecule has 0 aromatic rings. The zero-order chi connectivity index (χ0) is 6.20. The van der Waals surface area contributed by atoms with Crippen LogP contribution in [-0.4, -0.2) is 12.6 Å². The van der Waals surface area contributed by atoms with Crippen molar-refractivity contribution < 1.29 is 0 Å². The number of nitrogens with one attached hydrogen (secondary N) is 1. The van der Waals surface area contributed by atoms with Crippen molar-refractivity contribution in [1.29, 1.82) is 0 Å². The highest BCUT2D eigenvalue weighted by molar-refractivity contribution is 5.05. The molecule has 1 fully saturated rings. The summed E-state index contributed by atoms with van der Waals surface area (Å²) in [7, 11) is 0. The monoisotopic (exact) mass is 111 g/mol. The lowest BCUT2D eigenvalue weighted by Gasteiger charge is -2.43. The van der Waals surface area contributed by atoms with Crippen LogP contribution in [0.15, 0.2) is 12.7 Å². The highest BCUT2D eigenvalue weighted by Gasteiger charge is 2.35. The van der Waals surface area contributed by atoms with Gasteiger partial charge in [0.2, 0.25) is 0 Å². The van der Waals surface area contributed by atoms with Gasteiger partial charge in [-0.3, -0.25) is 0 Å². The molecule has 1 heteroatoms. The SMILES string of the molecule is C=CC1NCC1(C)C. The minimum atomic E-state index is 0.460. The van der Waals surface area contributed by atoms with Crippen LogP contribution in [0.4, 0.5) is 0 Å². The number of rotatable bonds is 1. The normalized spacial score (nSPS) is 33.5. The molecule has 0 aromatic carbocycles. The Hall–Kier alpha value is -0.300. The molecule has 0 saturated carbocycles. The molecule has 0 spiro atoms. The lowest BCUT2D eigenvalue weighted by molar-refractivity contribution is 0.165. The van der Waals surface area contributed by atoms with Gasteiger partial charge < -0.3 is 5.32 Å². The maximum Gasteiger partial charge on any atom is 0.0311 e. The lowest BCUT2D eigenvalue weighted by Crippen LogP contribution is -2.57. The fourth-order valence-electron chi connectivity index (χ4n) is 1.03. The van der Waals surface area contributed by atoms with Crippen LogP contribution in [0.2, 0.25) is 0 Å². The molecule has 1 saturated heterocycles. The average Bonchev–Trinajstić information content (AvgIpc) is 1.66. The molecule has 0 amide bonds. The van der Waals surface area contributed by atoms with Gasteiger partial charge in [0.25, 0.3) is 0 Å². The Morgan fingerprint density at radius 3 is 2.38 bits per heavy atom. The Bertz CT molecular complexity index is 105. The third-order valence-corrected chi connectivity index (χ3v) is 1.86. The Balaban J connectivity index is 2.49. The van der Waals surface area contributed by atoms with Crippen LogP contribution in [0, 0.1) is 5.41 Å². The first kappa shape index (κ1) is 5.83. The van der Waals surface area contributed by atoms with Crippen molar-refractivity contribution in [3.05, 3.63) is 12.7 Å². The molecule has 1 heterocycles. The zero-order valence-corrected chi connectivity index (χ0v) is 5.57. The quantitative estimate of drug-likeness (QED) is 0.501. The molecule has 0 aromatic heterocycles. The summed E-state index contributed by atoms with van der Waals surface area (Å²) in [6.45, 7) is 9.34. The maximum absolute atomic E-state index is 3.72. The van der Waals surface area contributed by atoms with Crippen LogP contribution in [0.25, 0.3) is 0 Å². The fraction of sp³-hybridized carbons (Fsp3) is 0.714. The van der Waals surface area contributed by atoms with Gasteiger partial charge in [0.15, 0.2) is 0 Å². The topological polar surface area (TPSA) is 12.0 Å². The predicted octanol–water partition coefficient (Wildman–Crippen LogP) is 1.17. The molecule has 0 radical (unpaired) electrons. The minimum Gasteiger partial charge on any atom is -0.309 e. The second-order valence-electron chi connectivity index (χ2n) is 3.08. The Morgan fingerprint density at radius 2 is 2.38 bits per heavy atom. The molecule has 1 nitrogen and oxygen atoms in total. The molecule has 8 heavy (non-hydrogen) atoms. The van der Waals surface area contributed by atoms with E-state index in [1.165, 1.54) is 0 Å². The highest BCUT2D eigenvalue weighted by atomic mass is 15.0. The lowest BCUT2D eigenvalue weighted by atomic mass is 9.77. The summed E-state index contributed by atoms with van der Waals surface area (Å²) >= 11 is 0. The van der Waals surface area contributed by atoms with Gasteiger partial charge in [-0.05, 0) is 5.41 Å². The summed E-state index contributed by atoms with van der Waals surface area (Å²) < 4.78 is 0. The van der Waals surface area contributed by atoms with E-state index in [-0.39, 0.29) is 0 Å². The smallest absolute Gasteiger partial charge is 0.0311 e. The minimum absolute atomic E-state index is 0.460. The average molecular weight is 111 g/mol.